The van der Waals surface area contributed by atoms with Gasteiger partial charge in [0, 0.05) is 0 Å². The van der Waals surface area contributed by atoms with E-state index in [2.05, 4.69) is 0 Å². The van der Waals surface area contributed by atoms with Crippen LogP contribution >= 0.6 is 0 Å². The molecule has 4 heteroatoms. The fraction of sp³-hybridized carbons (Fsp3) is 0.417. The van der Waals surface area contributed by atoms with Crippen LogP contribution in [0.15, 0.2) is 23.3 Å². The molecule has 0 saturated carbocycles. The molecule has 1 unspecified atom stereocenters. The van der Waals surface area contributed by atoms with Crippen molar-refractivity contribution in [1.82, 2.24) is 0 Å². The van der Waals surface area contributed by atoms with Gasteiger partial charge in [0.15, 0.2) is 0 Å². The van der Waals surface area contributed by atoms with Crippen LogP contribution in [-0.4, -0.2) is 13.8 Å². The summed E-state index contributed by atoms with van der Waals surface area (Å²) >= 11 is -3.63. The average molecular weight is 254 g/mol. The van der Waals surface area contributed by atoms with E-state index in [-0.39, 0.29) is 4.22 Å². The van der Waals surface area contributed by atoms with Gasteiger partial charge < -0.3 is 0 Å². The molecule has 0 radical (unpaired) electrons. The molecular formula is C12H14O3Ti. The van der Waals surface area contributed by atoms with Crippen molar-refractivity contribution < 1.29 is 31.0 Å². The summed E-state index contributed by atoms with van der Waals surface area (Å²) in [6.45, 7) is 0. The van der Waals surface area contributed by atoms with Crippen molar-refractivity contribution in [2.24, 2.45) is 0 Å². The van der Waals surface area contributed by atoms with Gasteiger partial charge in [-0.15, -0.1) is 0 Å². The quantitative estimate of drug-likeness (QED) is 0.569. The molecule has 0 saturated heterocycles. The molecule has 0 fully saturated rings. The van der Waals surface area contributed by atoms with E-state index in [4.69, 9.17) is 0 Å². The Morgan fingerprint density at radius 1 is 1.06 bits per heavy atom. The SMILES string of the molecule is O=[CH][Ti]([CH]=O)([CH]=O)[CH]1C=CC2=C1CCCC2. The summed E-state index contributed by atoms with van der Waals surface area (Å²) in [5.41, 5.74) is 2.45. The normalized spacial score (nSPS) is 24.1. The molecule has 2 aliphatic rings. The van der Waals surface area contributed by atoms with Gasteiger partial charge in [0.05, 0.1) is 0 Å². The van der Waals surface area contributed by atoms with Gasteiger partial charge in [-0.25, -0.2) is 0 Å². The van der Waals surface area contributed by atoms with Crippen molar-refractivity contribution in [2.75, 3.05) is 0 Å². The first-order valence-corrected chi connectivity index (χ1v) is 9.17. The van der Waals surface area contributed by atoms with Crippen LogP contribution in [0.25, 0.3) is 0 Å². The van der Waals surface area contributed by atoms with Crippen molar-refractivity contribution in [3.63, 3.8) is 0 Å². The Kier molecular flexibility index (Phi) is 3.36. The molecule has 0 amide bonds. The molecule has 1 atom stereocenters. The molecule has 3 nitrogen and oxygen atoms in total. The van der Waals surface area contributed by atoms with Crippen LogP contribution < -0.4 is 0 Å². The third kappa shape index (κ3) is 1.68. The minimum absolute atomic E-state index is 0.150. The van der Waals surface area contributed by atoms with E-state index in [9.17, 15) is 14.4 Å². The molecule has 16 heavy (non-hydrogen) atoms. The maximum atomic E-state index is 11.1. The standard InChI is InChI=1S/C9H11.3CHO.Ti/c1-2-5-9-7-3-6-8(9)4-1;3*1-2;/h3,6-7H,1-2,4-5H2;3*1H;. The number of allylic oxidation sites excluding steroid dienone is 4. The number of carbonyl (C=O) groups excluding carboxylic acids is 3. The molecular weight excluding hydrogens is 240 g/mol. The maximum absolute atomic E-state index is 11.1. The second-order valence-corrected chi connectivity index (χ2v) is 9.65. The summed E-state index contributed by atoms with van der Waals surface area (Å²) in [4.78, 5) is 33.3. The van der Waals surface area contributed by atoms with E-state index in [1.165, 1.54) is 17.6 Å². The third-order valence-corrected chi connectivity index (χ3v) is 8.01. The second kappa shape index (κ2) is 4.60. The van der Waals surface area contributed by atoms with Crippen LogP contribution in [0.5, 0.6) is 0 Å². The van der Waals surface area contributed by atoms with Gasteiger partial charge in [-0.3, -0.25) is 0 Å². The minimum atomic E-state index is -3.63. The van der Waals surface area contributed by atoms with Crippen molar-refractivity contribution in [3.05, 3.63) is 23.3 Å². The predicted octanol–water partition coefficient (Wildman–Crippen LogP) is 1.94. The number of hydrogen-bond acceptors (Lipinski definition) is 3. The third-order valence-electron chi connectivity index (χ3n) is 3.57. The summed E-state index contributed by atoms with van der Waals surface area (Å²) in [6, 6.07) is 0. The summed E-state index contributed by atoms with van der Waals surface area (Å²) in [5.74, 6) is 0. The Morgan fingerprint density at radius 3 is 2.31 bits per heavy atom. The van der Waals surface area contributed by atoms with E-state index in [1.54, 1.807) is 0 Å². The van der Waals surface area contributed by atoms with Crippen molar-refractivity contribution >= 4 is 13.8 Å². The van der Waals surface area contributed by atoms with Crippen LogP contribution in [0.2, 0.25) is 4.22 Å². The van der Waals surface area contributed by atoms with Crippen LogP contribution in [0, 0.1) is 0 Å². The van der Waals surface area contributed by atoms with Crippen molar-refractivity contribution in [2.45, 2.75) is 29.9 Å². The molecule has 0 aliphatic heterocycles. The van der Waals surface area contributed by atoms with Crippen molar-refractivity contribution in [3.8, 4) is 0 Å². The number of hydrogen-bond donors (Lipinski definition) is 0. The zero-order chi connectivity index (χ0) is 11.6. The van der Waals surface area contributed by atoms with Crippen LogP contribution in [0.3, 0.4) is 0 Å². The first-order valence-electron chi connectivity index (χ1n) is 5.56. The van der Waals surface area contributed by atoms with E-state index in [0.717, 1.165) is 19.3 Å². The van der Waals surface area contributed by atoms with Gasteiger partial charge in [-0.05, 0) is 0 Å². The average Bonchev–Trinajstić information content (AvgIpc) is 2.77. The Bertz CT molecular complexity index is 373. The monoisotopic (exact) mass is 254 g/mol. The number of rotatable bonds is 4. The van der Waals surface area contributed by atoms with Gasteiger partial charge in [0.1, 0.15) is 0 Å². The van der Waals surface area contributed by atoms with Gasteiger partial charge in [-0.1, -0.05) is 0 Å². The van der Waals surface area contributed by atoms with Gasteiger partial charge in [0.2, 0.25) is 0 Å². The van der Waals surface area contributed by atoms with Crippen LogP contribution in [-0.2, 0) is 31.0 Å². The molecule has 0 aromatic rings. The summed E-state index contributed by atoms with van der Waals surface area (Å²) < 4.78 is 1.85. The van der Waals surface area contributed by atoms with Gasteiger partial charge in [-0.2, -0.15) is 0 Å². The van der Waals surface area contributed by atoms with E-state index in [0.29, 0.717) is 13.8 Å². The predicted molar refractivity (Wildman–Crippen MR) is 58.6 cm³/mol. The topological polar surface area (TPSA) is 51.2 Å². The van der Waals surface area contributed by atoms with Crippen LogP contribution in [0.1, 0.15) is 25.7 Å². The molecule has 2 rings (SSSR count). The zero-order valence-corrected chi connectivity index (χ0v) is 10.6. The van der Waals surface area contributed by atoms with Crippen molar-refractivity contribution in [1.29, 1.82) is 0 Å². The summed E-state index contributed by atoms with van der Waals surface area (Å²) in [7, 11) is 0. The first kappa shape index (κ1) is 11.7. The second-order valence-electron chi connectivity index (χ2n) is 4.45. The van der Waals surface area contributed by atoms with Gasteiger partial charge >= 0.3 is 97.9 Å². The molecule has 0 bridgehead atoms. The van der Waals surface area contributed by atoms with E-state index >= 15 is 0 Å². The zero-order valence-electron chi connectivity index (χ0n) is 9.02. The number of carbonyl (C=O) groups is 3. The van der Waals surface area contributed by atoms with E-state index < -0.39 is 16.6 Å². The van der Waals surface area contributed by atoms with Crippen LogP contribution in [0.4, 0.5) is 0 Å². The Morgan fingerprint density at radius 2 is 1.69 bits per heavy atom. The van der Waals surface area contributed by atoms with Gasteiger partial charge in [0.25, 0.3) is 0 Å². The molecule has 0 spiro atoms. The summed E-state index contributed by atoms with van der Waals surface area (Å²) in [5, 5.41) is 0. The fourth-order valence-electron chi connectivity index (χ4n) is 2.60. The Labute approximate surface area is 97.9 Å². The fourth-order valence-corrected chi connectivity index (χ4v) is 5.67. The molecule has 0 aromatic carbocycles. The molecule has 0 heterocycles. The first-order chi connectivity index (χ1) is 7.77. The molecule has 84 valence electrons. The molecule has 2 aliphatic carbocycles. The molecule has 0 aromatic heterocycles. The summed E-state index contributed by atoms with van der Waals surface area (Å²) in [6.07, 6.45) is 8.15. The van der Waals surface area contributed by atoms with E-state index in [1.807, 2.05) is 12.2 Å². The Hall–Kier alpha value is -0.796. The Balaban J connectivity index is 2.38. The molecule has 0 N–H and O–H groups in total.